The zero-order valence-electron chi connectivity index (χ0n) is 9.58. The molecule has 0 aliphatic rings. The Labute approximate surface area is 111 Å². The van der Waals surface area contributed by atoms with E-state index in [-0.39, 0.29) is 5.97 Å². The third kappa shape index (κ3) is 10.3. The molecule has 0 bridgehead atoms. The van der Waals surface area contributed by atoms with Crippen LogP contribution < -0.4 is 0 Å². The lowest BCUT2D eigenvalue weighted by Gasteiger charge is -2.01. The zero-order chi connectivity index (χ0) is 12.2. The summed E-state index contributed by atoms with van der Waals surface area (Å²) in [6.07, 6.45) is 5.00. The van der Waals surface area contributed by atoms with Crippen LogP contribution in [-0.2, 0) is 9.53 Å². The van der Waals surface area contributed by atoms with Crippen LogP contribution in [0.1, 0.15) is 33.1 Å². The molecule has 0 spiro atoms. The van der Waals surface area contributed by atoms with Gasteiger partial charge in [-0.1, -0.05) is 31.5 Å². The Morgan fingerprint density at radius 1 is 1.38 bits per heavy atom. The van der Waals surface area contributed by atoms with Gasteiger partial charge in [0.25, 0.3) is 0 Å². The minimum absolute atomic E-state index is 0.289. The summed E-state index contributed by atoms with van der Waals surface area (Å²) in [6.45, 7) is 3.78. The Kier molecular flexibility index (Phi) is 11.2. The normalized spacial score (nSPS) is 9.12. The first-order valence-electron chi connectivity index (χ1n) is 5.11. The minimum Gasteiger partial charge on any atom is -0.372 e. The Morgan fingerprint density at radius 3 is 2.69 bits per heavy atom. The van der Waals surface area contributed by atoms with Crippen molar-refractivity contribution >= 4 is 45.2 Å². The third-order valence-corrected chi connectivity index (χ3v) is 4.30. The summed E-state index contributed by atoms with van der Waals surface area (Å²) in [4.78, 5) is 11.1. The van der Waals surface area contributed by atoms with Crippen molar-refractivity contribution in [3.63, 3.8) is 0 Å². The number of thiocarbonyl (C=S) groups is 1. The molecule has 0 aromatic carbocycles. The average Bonchev–Trinajstić information content (AvgIpc) is 2.26. The van der Waals surface area contributed by atoms with Gasteiger partial charge in [0.05, 0.1) is 6.42 Å². The van der Waals surface area contributed by atoms with E-state index in [0.29, 0.717) is 12.2 Å². The van der Waals surface area contributed by atoms with Crippen molar-refractivity contribution in [2.75, 3.05) is 11.5 Å². The molecule has 2 nitrogen and oxygen atoms in total. The van der Waals surface area contributed by atoms with Crippen LogP contribution in [0.4, 0.5) is 0 Å². The first-order valence-corrected chi connectivity index (χ1v) is 7.49. The zero-order valence-corrected chi connectivity index (χ0v) is 12.0. The van der Waals surface area contributed by atoms with Gasteiger partial charge in [-0.2, -0.15) is 0 Å². The molecular weight excluding hydrogens is 260 g/mol. The predicted molar refractivity (Wildman–Crippen MR) is 76.6 cm³/mol. The molecule has 16 heavy (non-hydrogen) atoms. The van der Waals surface area contributed by atoms with Crippen LogP contribution in [0.15, 0.2) is 0 Å². The summed E-state index contributed by atoms with van der Waals surface area (Å²) in [5, 5.41) is 0. The van der Waals surface area contributed by atoms with Crippen molar-refractivity contribution < 1.29 is 9.53 Å². The number of carbonyl (C=O) groups is 1. The molecule has 0 amide bonds. The van der Waals surface area contributed by atoms with Gasteiger partial charge in [-0.05, 0) is 12.2 Å². The molecule has 0 aliphatic carbocycles. The highest BCUT2D eigenvalue weighted by atomic mass is 32.2. The number of hydrogen-bond donors (Lipinski definition) is 0. The van der Waals surface area contributed by atoms with Gasteiger partial charge in [0.1, 0.15) is 9.64 Å². The van der Waals surface area contributed by atoms with Gasteiger partial charge < -0.3 is 4.74 Å². The van der Waals surface area contributed by atoms with E-state index in [1.54, 1.807) is 18.7 Å². The van der Waals surface area contributed by atoms with Crippen molar-refractivity contribution in [3.8, 4) is 12.0 Å². The summed E-state index contributed by atoms with van der Waals surface area (Å²) in [6, 6.07) is 0. The van der Waals surface area contributed by atoms with Crippen molar-refractivity contribution in [2.45, 2.75) is 33.1 Å². The fourth-order valence-electron chi connectivity index (χ4n) is 0.718. The summed E-state index contributed by atoms with van der Waals surface area (Å²) in [5.74, 6) is 3.95. The van der Waals surface area contributed by atoms with E-state index in [1.165, 1.54) is 24.6 Å². The van der Waals surface area contributed by atoms with Gasteiger partial charge in [-0.15, -0.1) is 23.5 Å². The Balaban J connectivity index is 3.45. The van der Waals surface area contributed by atoms with E-state index < -0.39 is 0 Å². The highest BCUT2D eigenvalue weighted by Crippen LogP contribution is 2.19. The second-order valence-electron chi connectivity index (χ2n) is 2.88. The van der Waals surface area contributed by atoms with E-state index >= 15 is 0 Å². The number of carbonyl (C=O) groups excluding carboxylic acids is 1. The number of ether oxygens (including phenoxy) is 1. The van der Waals surface area contributed by atoms with Crippen LogP contribution in [0.2, 0.25) is 0 Å². The molecule has 0 atom stereocenters. The van der Waals surface area contributed by atoms with Gasteiger partial charge in [0.15, 0.2) is 0 Å². The monoisotopic (exact) mass is 276 g/mol. The SMILES string of the molecule is CC#COC(=O)CCSC(=S)SCCCC. The van der Waals surface area contributed by atoms with Crippen LogP contribution in [0, 0.1) is 12.0 Å². The molecule has 90 valence electrons. The molecular formula is C11H16O2S3. The molecule has 0 unspecified atom stereocenters. The Morgan fingerprint density at radius 2 is 2.06 bits per heavy atom. The van der Waals surface area contributed by atoms with Gasteiger partial charge in [0, 0.05) is 12.7 Å². The number of thioether (sulfide) groups is 2. The molecule has 0 saturated heterocycles. The number of rotatable bonds is 6. The van der Waals surface area contributed by atoms with Gasteiger partial charge in [0.2, 0.25) is 0 Å². The maximum Gasteiger partial charge on any atom is 0.320 e. The third-order valence-electron chi connectivity index (χ3n) is 1.51. The second kappa shape index (κ2) is 11.3. The maximum atomic E-state index is 11.1. The highest BCUT2D eigenvalue weighted by molar-refractivity contribution is 8.47. The minimum atomic E-state index is -0.289. The summed E-state index contributed by atoms with van der Waals surface area (Å²) < 4.78 is 5.51. The van der Waals surface area contributed by atoms with E-state index in [9.17, 15) is 4.79 Å². The second-order valence-corrected chi connectivity index (χ2v) is 6.27. The van der Waals surface area contributed by atoms with Crippen LogP contribution in [-0.4, -0.2) is 21.0 Å². The van der Waals surface area contributed by atoms with Crippen LogP contribution >= 0.6 is 35.7 Å². The van der Waals surface area contributed by atoms with Gasteiger partial charge in [-0.3, -0.25) is 4.79 Å². The summed E-state index contributed by atoms with van der Waals surface area (Å²) in [5.41, 5.74) is 0. The van der Waals surface area contributed by atoms with E-state index in [0.717, 1.165) is 9.28 Å². The lowest BCUT2D eigenvalue weighted by molar-refractivity contribution is -0.136. The molecule has 5 heteroatoms. The quantitative estimate of drug-likeness (QED) is 0.320. The predicted octanol–water partition coefficient (Wildman–Crippen LogP) is 3.45. The fourth-order valence-corrected chi connectivity index (χ4v) is 3.09. The molecule has 0 saturated carbocycles. The molecule has 0 fully saturated rings. The maximum absolute atomic E-state index is 11.1. The lowest BCUT2D eigenvalue weighted by atomic mass is 10.4. The molecule has 0 aromatic heterocycles. The van der Waals surface area contributed by atoms with Crippen LogP contribution in [0.5, 0.6) is 0 Å². The van der Waals surface area contributed by atoms with E-state index in [1.807, 2.05) is 0 Å². The van der Waals surface area contributed by atoms with Crippen molar-refractivity contribution in [1.29, 1.82) is 0 Å². The first-order chi connectivity index (χ1) is 7.70. The largest absolute Gasteiger partial charge is 0.372 e. The summed E-state index contributed by atoms with van der Waals surface area (Å²) >= 11 is 8.37. The number of esters is 1. The van der Waals surface area contributed by atoms with Gasteiger partial charge in [-0.25, -0.2) is 0 Å². The molecule has 0 aliphatic heterocycles. The molecule has 0 heterocycles. The molecule has 0 N–H and O–H groups in total. The van der Waals surface area contributed by atoms with Crippen molar-refractivity contribution in [1.82, 2.24) is 0 Å². The summed E-state index contributed by atoms with van der Waals surface area (Å²) in [7, 11) is 0. The van der Waals surface area contributed by atoms with Crippen molar-refractivity contribution in [3.05, 3.63) is 0 Å². The molecule has 0 rings (SSSR count). The molecule has 0 aromatic rings. The first kappa shape index (κ1) is 15.8. The van der Waals surface area contributed by atoms with Crippen LogP contribution in [0.3, 0.4) is 0 Å². The van der Waals surface area contributed by atoms with E-state index in [4.69, 9.17) is 12.2 Å². The average molecular weight is 276 g/mol. The van der Waals surface area contributed by atoms with Crippen LogP contribution in [0.25, 0.3) is 0 Å². The fraction of sp³-hybridized carbons (Fsp3) is 0.636. The number of unbranched alkanes of at least 4 members (excludes halogenated alkanes) is 1. The standard InChI is InChI=1S/C11H16O2S3/c1-3-5-8-15-11(14)16-9-6-10(12)13-7-4-2/h3,5-6,8-9H2,1-2H3. The lowest BCUT2D eigenvalue weighted by Crippen LogP contribution is -2.01. The Bertz CT molecular complexity index is 279. The number of hydrogen-bond acceptors (Lipinski definition) is 5. The van der Waals surface area contributed by atoms with Gasteiger partial charge >= 0.3 is 5.97 Å². The van der Waals surface area contributed by atoms with Crippen molar-refractivity contribution in [2.24, 2.45) is 0 Å². The Hall–Kier alpha value is -0.180. The smallest absolute Gasteiger partial charge is 0.320 e. The van der Waals surface area contributed by atoms with E-state index in [2.05, 4.69) is 23.7 Å². The highest BCUT2D eigenvalue weighted by Gasteiger charge is 2.04. The topological polar surface area (TPSA) is 26.3 Å². The molecule has 0 radical (unpaired) electrons.